The number of benzene rings is 1. The zero-order valence-electron chi connectivity index (χ0n) is 7.01. The van der Waals surface area contributed by atoms with Gasteiger partial charge in [-0.3, -0.25) is 0 Å². The molecule has 0 saturated carbocycles. The molecule has 0 unspecified atom stereocenters. The fourth-order valence-electron chi connectivity index (χ4n) is 0.959. The Labute approximate surface area is 83.5 Å². The highest BCUT2D eigenvalue weighted by atomic mass is 32.2. The Hall–Kier alpha value is -1.15. The molecule has 0 heterocycles. The lowest BCUT2D eigenvalue weighted by atomic mass is 10.2. The standard InChI is InChI=1S/C9H6F3NS/c10-9(11,12)14-8-4-2-1-3-7(8)5-6-13/h1-4H,5H2. The first-order chi connectivity index (χ1) is 6.53. The van der Waals surface area contributed by atoms with E-state index in [2.05, 4.69) is 0 Å². The van der Waals surface area contributed by atoms with Gasteiger partial charge in [0, 0.05) is 4.90 Å². The number of hydrogen-bond acceptors (Lipinski definition) is 2. The topological polar surface area (TPSA) is 23.8 Å². The third kappa shape index (κ3) is 3.30. The predicted octanol–water partition coefficient (Wildman–Crippen LogP) is 3.36. The van der Waals surface area contributed by atoms with Gasteiger partial charge in [0.05, 0.1) is 12.5 Å². The van der Waals surface area contributed by atoms with Crippen molar-refractivity contribution in [2.24, 2.45) is 0 Å². The summed E-state index contributed by atoms with van der Waals surface area (Å²) in [5, 5.41) is 8.40. The number of halogens is 3. The molecule has 0 aliphatic rings. The van der Waals surface area contributed by atoms with Gasteiger partial charge in [-0.25, -0.2) is 0 Å². The lowest BCUT2D eigenvalue weighted by Gasteiger charge is -2.08. The summed E-state index contributed by atoms with van der Waals surface area (Å²) >= 11 is -0.184. The van der Waals surface area contributed by atoms with Crippen LogP contribution in [0.2, 0.25) is 0 Å². The van der Waals surface area contributed by atoms with Crippen molar-refractivity contribution in [3.05, 3.63) is 29.8 Å². The van der Waals surface area contributed by atoms with E-state index in [1.54, 1.807) is 6.07 Å². The molecule has 14 heavy (non-hydrogen) atoms. The van der Waals surface area contributed by atoms with E-state index in [0.717, 1.165) is 0 Å². The van der Waals surface area contributed by atoms with Crippen LogP contribution in [0.5, 0.6) is 0 Å². The maximum Gasteiger partial charge on any atom is 0.446 e. The molecule has 0 aliphatic carbocycles. The van der Waals surface area contributed by atoms with Crippen LogP contribution in [-0.4, -0.2) is 5.51 Å². The molecule has 0 N–H and O–H groups in total. The van der Waals surface area contributed by atoms with Gasteiger partial charge in [-0.15, -0.1) is 0 Å². The highest BCUT2D eigenvalue weighted by Crippen LogP contribution is 2.38. The molecule has 0 atom stereocenters. The smallest absolute Gasteiger partial charge is 0.198 e. The third-order valence-electron chi connectivity index (χ3n) is 1.47. The molecule has 0 fully saturated rings. The molecule has 74 valence electrons. The molecule has 0 aromatic heterocycles. The molecule has 0 amide bonds. The largest absolute Gasteiger partial charge is 0.446 e. The molecule has 0 radical (unpaired) electrons. The second-order valence-corrected chi connectivity index (χ2v) is 3.60. The molecule has 0 saturated heterocycles. The van der Waals surface area contributed by atoms with E-state index >= 15 is 0 Å². The van der Waals surface area contributed by atoms with Crippen LogP contribution >= 0.6 is 11.8 Å². The van der Waals surface area contributed by atoms with E-state index in [1.165, 1.54) is 18.2 Å². The van der Waals surface area contributed by atoms with Gasteiger partial charge in [-0.05, 0) is 23.4 Å². The van der Waals surface area contributed by atoms with Gasteiger partial charge >= 0.3 is 5.51 Å². The summed E-state index contributed by atoms with van der Waals surface area (Å²) in [6, 6.07) is 7.86. The molecule has 5 heteroatoms. The zero-order chi connectivity index (χ0) is 10.6. The van der Waals surface area contributed by atoms with Gasteiger partial charge in [0.25, 0.3) is 0 Å². The Kier molecular flexibility index (Phi) is 3.42. The van der Waals surface area contributed by atoms with Gasteiger partial charge in [-0.1, -0.05) is 18.2 Å². The van der Waals surface area contributed by atoms with Crippen LogP contribution in [0.4, 0.5) is 13.2 Å². The summed E-state index contributed by atoms with van der Waals surface area (Å²) in [7, 11) is 0. The Morgan fingerprint density at radius 3 is 2.50 bits per heavy atom. The van der Waals surface area contributed by atoms with Crippen molar-refractivity contribution in [2.45, 2.75) is 16.8 Å². The monoisotopic (exact) mass is 217 g/mol. The number of rotatable bonds is 2. The zero-order valence-corrected chi connectivity index (χ0v) is 7.82. The van der Waals surface area contributed by atoms with Crippen molar-refractivity contribution in [3.8, 4) is 6.07 Å². The van der Waals surface area contributed by atoms with E-state index in [-0.39, 0.29) is 23.1 Å². The number of alkyl halides is 3. The first kappa shape index (κ1) is 10.9. The minimum Gasteiger partial charge on any atom is -0.198 e. The Balaban J connectivity index is 2.91. The second-order valence-electron chi connectivity index (χ2n) is 2.49. The molecule has 1 nitrogen and oxygen atoms in total. The summed E-state index contributed by atoms with van der Waals surface area (Å²) in [5.41, 5.74) is -3.89. The van der Waals surface area contributed by atoms with Crippen molar-refractivity contribution in [3.63, 3.8) is 0 Å². The van der Waals surface area contributed by atoms with Crippen molar-refractivity contribution < 1.29 is 13.2 Å². The summed E-state index contributed by atoms with van der Waals surface area (Å²) in [4.78, 5) is 0.0987. The highest BCUT2D eigenvalue weighted by Gasteiger charge is 2.30. The normalized spacial score (nSPS) is 11.0. The van der Waals surface area contributed by atoms with Crippen molar-refractivity contribution in [1.82, 2.24) is 0 Å². The van der Waals surface area contributed by atoms with Crippen LogP contribution in [0.25, 0.3) is 0 Å². The van der Waals surface area contributed by atoms with Crippen LogP contribution in [0.15, 0.2) is 29.2 Å². The van der Waals surface area contributed by atoms with Crippen LogP contribution in [0.3, 0.4) is 0 Å². The maximum atomic E-state index is 12.0. The van der Waals surface area contributed by atoms with Gasteiger partial charge in [0.2, 0.25) is 0 Å². The molecule has 0 bridgehead atoms. The molecule has 1 aromatic carbocycles. The van der Waals surface area contributed by atoms with Crippen molar-refractivity contribution >= 4 is 11.8 Å². The molecule has 1 rings (SSSR count). The average Bonchev–Trinajstić information content (AvgIpc) is 2.06. The third-order valence-corrected chi connectivity index (χ3v) is 2.32. The minimum atomic E-state index is -4.30. The van der Waals surface area contributed by atoms with Gasteiger partial charge in [0.1, 0.15) is 0 Å². The Morgan fingerprint density at radius 2 is 1.93 bits per heavy atom. The van der Waals surface area contributed by atoms with E-state index in [0.29, 0.717) is 5.56 Å². The van der Waals surface area contributed by atoms with E-state index in [1.807, 2.05) is 6.07 Å². The molecule has 1 aromatic rings. The molecular formula is C9H6F3NS. The summed E-state index contributed by atoms with van der Waals surface area (Å²) < 4.78 is 36.1. The lowest BCUT2D eigenvalue weighted by Crippen LogP contribution is -2.00. The first-order valence-electron chi connectivity index (χ1n) is 3.73. The highest BCUT2D eigenvalue weighted by molar-refractivity contribution is 8.00. The average molecular weight is 217 g/mol. The minimum absolute atomic E-state index is 0.000741. The van der Waals surface area contributed by atoms with Gasteiger partial charge < -0.3 is 0 Å². The van der Waals surface area contributed by atoms with Crippen LogP contribution in [0.1, 0.15) is 5.56 Å². The second kappa shape index (κ2) is 4.38. The summed E-state index contributed by atoms with van der Waals surface area (Å²) in [6.45, 7) is 0. The summed E-state index contributed by atoms with van der Waals surface area (Å²) in [6.07, 6.45) is -0.000741. The van der Waals surface area contributed by atoms with Gasteiger partial charge in [-0.2, -0.15) is 18.4 Å². The number of thioether (sulfide) groups is 1. The SMILES string of the molecule is N#CCc1ccccc1SC(F)(F)F. The molecular weight excluding hydrogens is 211 g/mol. The summed E-state index contributed by atoms with van der Waals surface area (Å²) in [5.74, 6) is 0. The van der Waals surface area contributed by atoms with Gasteiger partial charge in [0.15, 0.2) is 0 Å². The fraction of sp³-hybridized carbons (Fsp3) is 0.222. The quantitative estimate of drug-likeness (QED) is 0.709. The lowest BCUT2D eigenvalue weighted by molar-refractivity contribution is -0.0328. The molecule has 0 aliphatic heterocycles. The number of nitriles is 1. The van der Waals surface area contributed by atoms with Crippen molar-refractivity contribution in [1.29, 1.82) is 5.26 Å². The van der Waals surface area contributed by atoms with Crippen LogP contribution < -0.4 is 0 Å². The van der Waals surface area contributed by atoms with Crippen molar-refractivity contribution in [2.75, 3.05) is 0 Å². The first-order valence-corrected chi connectivity index (χ1v) is 4.55. The molecule has 0 spiro atoms. The number of nitrogens with zero attached hydrogens (tertiary/aromatic N) is 1. The van der Waals surface area contributed by atoms with E-state index < -0.39 is 5.51 Å². The fourth-order valence-corrected chi connectivity index (χ4v) is 1.63. The van der Waals surface area contributed by atoms with E-state index in [9.17, 15) is 13.2 Å². The maximum absolute atomic E-state index is 12.0. The van der Waals surface area contributed by atoms with E-state index in [4.69, 9.17) is 5.26 Å². The Morgan fingerprint density at radius 1 is 1.29 bits per heavy atom. The number of hydrogen-bond donors (Lipinski definition) is 0. The van der Waals surface area contributed by atoms with Crippen LogP contribution in [-0.2, 0) is 6.42 Å². The Bertz CT molecular complexity index is 354. The van der Waals surface area contributed by atoms with Crippen LogP contribution in [0, 0.1) is 11.3 Å². The predicted molar refractivity (Wildman–Crippen MR) is 47.7 cm³/mol.